The molecule has 1 N–H and O–H groups in total. The number of hydrazone groups is 1. The van der Waals surface area contributed by atoms with Gasteiger partial charge in [-0.1, -0.05) is 102 Å². The van der Waals surface area contributed by atoms with Crippen molar-refractivity contribution in [2.75, 3.05) is 5.75 Å². The van der Waals surface area contributed by atoms with E-state index in [9.17, 15) is 4.79 Å². The van der Waals surface area contributed by atoms with Crippen molar-refractivity contribution >= 4 is 56.5 Å². The lowest BCUT2D eigenvalue weighted by Crippen LogP contribution is -2.20. The van der Waals surface area contributed by atoms with Gasteiger partial charge in [0.2, 0.25) is 0 Å². The van der Waals surface area contributed by atoms with E-state index in [1.54, 1.807) is 6.21 Å². The average Bonchev–Trinajstić information content (AvgIpc) is 3.30. The Bertz CT molecular complexity index is 1750. The predicted molar refractivity (Wildman–Crippen MR) is 158 cm³/mol. The van der Waals surface area contributed by atoms with Gasteiger partial charge in [0, 0.05) is 5.56 Å². The van der Waals surface area contributed by atoms with Crippen LogP contribution in [-0.4, -0.2) is 27.4 Å². The molecular formula is C32H26N4OS. The maximum Gasteiger partial charge on any atom is 0.250 e. The van der Waals surface area contributed by atoms with Crippen molar-refractivity contribution in [3.63, 3.8) is 0 Å². The molecule has 0 saturated heterocycles. The molecule has 0 bridgehead atoms. The van der Waals surface area contributed by atoms with Crippen LogP contribution in [0.4, 0.5) is 0 Å². The van der Waals surface area contributed by atoms with Crippen LogP contribution < -0.4 is 5.43 Å². The highest BCUT2D eigenvalue weighted by Crippen LogP contribution is 2.28. The molecule has 6 rings (SSSR count). The van der Waals surface area contributed by atoms with Crippen LogP contribution in [-0.2, 0) is 11.3 Å². The number of nitrogens with one attached hydrogen (secondary N) is 1. The largest absolute Gasteiger partial charge is 0.314 e. The average molecular weight is 515 g/mol. The van der Waals surface area contributed by atoms with Crippen LogP contribution in [0, 0.1) is 6.92 Å². The summed E-state index contributed by atoms with van der Waals surface area (Å²) >= 11 is 1.42. The first-order valence-corrected chi connectivity index (χ1v) is 13.5. The van der Waals surface area contributed by atoms with Gasteiger partial charge in [-0.3, -0.25) is 4.79 Å². The number of hydrogen-bond acceptors (Lipinski definition) is 4. The van der Waals surface area contributed by atoms with E-state index in [1.165, 1.54) is 22.9 Å². The van der Waals surface area contributed by atoms with E-state index in [0.717, 1.165) is 43.3 Å². The Hall–Kier alpha value is -4.42. The van der Waals surface area contributed by atoms with E-state index in [4.69, 9.17) is 4.98 Å². The van der Waals surface area contributed by atoms with Crippen molar-refractivity contribution in [1.82, 2.24) is 15.0 Å². The quantitative estimate of drug-likeness (QED) is 0.109. The summed E-state index contributed by atoms with van der Waals surface area (Å²) in [6.07, 6.45) is 1.75. The Morgan fingerprint density at radius 2 is 1.55 bits per heavy atom. The molecule has 1 amide bonds. The highest BCUT2D eigenvalue weighted by molar-refractivity contribution is 7.99. The first kappa shape index (κ1) is 23.9. The third kappa shape index (κ3) is 4.91. The molecule has 5 aromatic carbocycles. The molecule has 0 atom stereocenters. The first-order valence-electron chi connectivity index (χ1n) is 12.5. The summed E-state index contributed by atoms with van der Waals surface area (Å²) < 4.78 is 2.17. The second-order valence-corrected chi connectivity index (χ2v) is 10.2. The number of carbonyl (C=O) groups excluding carboxylic acids is 1. The lowest BCUT2D eigenvalue weighted by Gasteiger charge is -2.09. The number of rotatable bonds is 7. The zero-order chi connectivity index (χ0) is 25.9. The minimum Gasteiger partial charge on any atom is -0.314 e. The van der Waals surface area contributed by atoms with Gasteiger partial charge in [0.25, 0.3) is 5.91 Å². The van der Waals surface area contributed by atoms with Gasteiger partial charge in [-0.05, 0) is 52.2 Å². The van der Waals surface area contributed by atoms with Gasteiger partial charge in [0.05, 0.1) is 29.5 Å². The van der Waals surface area contributed by atoms with E-state index in [2.05, 4.69) is 82.7 Å². The van der Waals surface area contributed by atoms with Crippen LogP contribution in [0.1, 0.15) is 16.7 Å². The van der Waals surface area contributed by atoms with Gasteiger partial charge in [-0.25, -0.2) is 10.4 Å². The van der Waals surface area contributed by atoms with Crippen molar-refractivity contribution in [3.8, 4) is 0 Å². The Morgan fingerprint density at radius 1 is 0.895 bits per heavy atom. The molecule has 0 spiro atoms. The second kappa shape index (κ2) is 10.5. The summed E-state index contributed by atoms with van der Waals surface area (Å²) in [5.41, 5.74) is 8.10. The van der Waals surface area contributed by atoms with Crippen LogP contribution in [0.5, 0.6) is 0 Å². The van der Waals surface area contributed by atoms with Crippen molar-refractivity contribution in [2.45, 2.75) is 18.6 Å². The fraction of sp³-hybridized carbons (Fsp3) is 0.0938. The van der Waals surface area contributed by atoms with Crippen LogP contribution in [0.25, 0.3) is 32.6 Å². The summed E-state index contributed by atoms with van der Waals surface area (Å²) in [7, 11) is 0. The standard InChI is InChI=1S/C32H26N4OS/c1-22-14-16-23(17-15-22)20-36-30-13-7-6-12-29(30)34-32(36)38-21-31(37)35-33-19-28-26-10-4-2-8-24(26)18-25-9-3-5-11-27(25)28/h2-19H,20-21H2,1H3,(H,35,37). The lowest BCUT2D eigenvalue weighted by atomic mass is 9.97. The molecule has 6 heteroatoms. The first-order chi connectivity index (χ1) is 18.7. The normalized spacial score (nSPS) is 11.6. The van der Waals surface area contributed by atoms with E-state index >= 15 is 0 Å². The minimum atomic E-state index is -0.176. The van der Waals surface area contributed by atoms with Gasteiger partial charge in [-0.2, -0.15) is 5.10 Å². The number of aryl methyl sites for hydroxylation is 1. The lowest BCUT2D eigenvalue weighted by molar-refractivity contribution is -0.118. The molecule has 186 valence electrons. The number of hydrogen-bond donors (Lipinski definition) is 1. The van der Waals surface area contributed by atoms with Crippen molar-refractivity contribution in [1.29, 1.82) is 0 Å². The SMILES string of the molecule is Cc1ccc(Cn2c(SCC(=O)NN=Cc3c4ccccc4cc4ccccc34)nc3ccccc32)cc1. The fourth-order valence-corrected chi connectivity index (χ4v) is 5.52. The zero-order valence-electron chi connectivity index (χ0n) is 21.0. The monoisotopic (exact) mass is 514 g/mol. The number of thioether (sulfide) groups is 1. The molecule has 5 nitrogen and oxygen atoms in total. The van der Waals surface area contributed by atoms with Gasteiger partial charge in [0.15, 0.2) is 5.16 Å². The number of nitrogens with zero attached hydrogens (tertiary/aromatic N) is 3. The van der Waals surface area contributed by atoms with Gasteiger partial charge in [0.1, 0.15) is 0 Å². The molecule has 0 saturated carbocycles. The maximum absolute atomic E-state index is 12.8. The van der Waals surface area contributed by atoms with Crippen LogP contribution in [0.15, 0.2) is 113 Å². The van der Waals surface area contributed by atoms with E-state index in [0.29, 0.717) is 6.54 Å². The van der Waals surface area contributed by atoms with E-state index in [1.807, 2.05) is 42.5 Å². The zero-order valence-corrected chi connectivity index (χ0v) is 21.8. The van der Waals surface area contributed by atoms with Crippen molar-refractivity contribution in [2.24, 2.45) is 5.10 Å². The van der Waals surface area contributed by atoms with Gasteiger partial charge >= 0.3 is 0 Å². The fourth-order valence-electron chi connectivity index (χ4n) is 4.71. The Kier molecular flexibility index (Phi) is 6.63. The number of imidazole rings is 1. The molecule has 1 heterocycles. The number of para-hydroxylation sites is 2. The summed E-state index contributed by atoms with van der Waals surface area (Å²) in [6, 6.07) is 35.2. The molecule has 0 unspecified atom stereocenters. The predicted octanol–water partition coefficient (Wildman–Crippen LogP) is 6.94. The van der Waals surface area contributed by atoms with Crippen LogP contribution >= 0.6 is 11.8 Å². The van der Waals surface area contributed by atoms with E-state index in [-0.39, 0.29) is 11.7 Å². The molecule has 0 aliphatic heterocycles. The van der Waals surface area contributed by atoms with E-state index < -0.39 is 0 Å². The van der Waals surface area contributed by atoms with Gasteiger partial charge < -0.3 is 4.57 Å². The smallest absolute Gasteiger partial charge is 0.250 e. The van der Waals surface area contributed by atoms with Gasteiger partial charge in [-0.15, -0.1) is 0 Å². The highest BCUT2D eigenvalue weighted by atomic mass is 32.2. The molecule has 1 aromatic heterocycles. The Balaban J connectivity index is 1.20. The number of aromatic nitrogens is 2. The minimum absolute atomic E-state index is 0.176. The highest BCUT2D eigenvalue weighted by Gasteiger charge is 2.13. The second-order valence-electron chi connectivity index (χ2n) is 9.27. The number of carbonyl (C=O) groups is 1. The Labute approximate surface area is 225 Å². The van der Waals surface area contributed by atoms with Crippen molar-refractivity contribution in [3.05, 3.63) is 120 Å². The number of benzene rings is 5. The third-order valence-corrected chi connectivity index (χ3v) is 7.59. The molecular weight excluding hydrogens is 488 g/mol. The topological polar surface area (TPSA) is 59.3 Å². The number of amides is 1. The summed E-state index contributed by atoms with van der Waals surface area (Å²) in [4.78, 5) is 17.6. The summed E-state index contributed by atoms with van der Waals surface area (Å²) in [6.45, 7) is 2.78. The Morgan fingerprint density at radius 3 is 2.29 bits per heavy atom. The van der Waals surface area contributed by atoms with Crippen molar-refractivity contribution < 1.29 is 4.79 Å². The van der Waals surface area contributed by atoms with Crippen LogP contribution in [0.3, 0.4) is 0 Å². The van der Waals surface area contributed by atoms with Crippen LogP contribution in [0.2, 0.25) is 0 Å². The summed E-state index contributed by atoms with van der Waals surface area (Å²) in [5.74, 6) is 0.0370. The molecule has 38 heavy (non-hydrogen) atoms. The molecule has 0 radical (unpaired) electrons. The molecule has 0 aliphatic carbocycles. The molecule has 6 aromatic rings. The summed E-state index contributed by atoms with van der Waals surface area (Å²) in [5, 5.41) is 9.62. The third-order valence-electron chi connectivity index (χ3n) is 6.61. The number of fused-ring (bicyclic) bond motifs is 3. The molecule has 0 fully saturated rings. The molecule has 0 aliphatic rings. The maximum atomic E-state index is 12.8.